The van der Waals surface area contributed by atoms with Gasteiger partial charge in [0.05, 0.1) is 5.39 Å². The molecule has 0 radical (unpaired) electrons. The van der Waals surface area contributed by atoms with E-state index in [-0.39, 0.29) is 6.10 Å². The fourth-order valence-electron chi connectivity index (χ4n) is 2.22. The lowest BCUT2D eigenvalue weighted by Gasteiger charge is -2.14. The molecule has 4 nitrogen and oxygen atoms in total. The van der Waals surface area contributed by atoms with Gasteiger partial charge < -0.3 is 10.1 Å². The Morgan fingerprint density at radius 2 is 2.10 bits per heavy atom. The molecule has 2 aromatic rings. The molecule has 2 rings (SSSR count). The Kier molecular flexibility index (Phi) is 5.31. The monoisotopic (exact) mass is 293 g/mol. The topological polar surface area (TPSA) is 47.0 Å². The van der Waals surface area contributed by atoms with Crippen molar-refractivity contribution in [3.05, 3.63) is 16.8 Å². The average Bonchev–Trinajstić information content (AvgIpc) is 2.88. The third-order valence-corrected chi connectivity index (χ3v) is 4.45. The van der Waals surface area contributed by atoms with Crippen molar-refractivity contribution in [3.63, 3.8) is 0 Å². The molecule has 5 heteroatoms. The predicted octanol–water partition coefficient (Wildman–Crippen LogP) is 4.17. The molecule has 1 unspecified atom stereocenters. The summed E-state index contributed by atoms with van der Waals surface area (Å²) in [6, 6.07) is 2.20. The quantitative estimate of drug-likeness (QED) is 0.832. The summed E-state index contributed by atoms with van der Waals surface area (Å²) in [7, 11) is 1.73. The SMILES string of the molecule is CCCC(OC)c1nc(NCC)c2cc(CC)sc2n1. The lowest BCUT2D eigenvalue weighted by atomic mass is 10.2. The second-order valence-corrected chi connectivity index (χ2v) is 5.87. The molecule has 2 heterocycles. The fourth-order valence-corrected chi connectivity index (χ4v) is 3.20. The lowest BCUT2D eigenvalue weighted by molar-refractivity contribution is 0.0881. The summed E-state index contributed by atoms with van der Waals surface area (Å²) in [4.78, 5) is 11.8. The second kappa shape index (κ2) is 6.99. The van der Waals surface area contributed by atoms with Crippen LogP contribution in [0.25, 0.3) is 10.2 Å². The Bertz CT molecular complexity index is 567. The molecule has 20 heavy (non-hydrogen) atoms. The zero-order chi connectivity index (χ0) is 14.5. The fraction of sp³-hybridized carbons (Fsp3) is 0.600. The molecule has 1 atom stereocenters. The Balaban J connectivity index is 2.50. The smallest absolute Gasteiger partial charge is 0.161 e. The van der Waals surface area contributed by atoms with Crippen molar-refractivity contribution in [2.24, 2.45) is 0 Å². The van der Waals surface area contributed by atoms with Gasteiger partial charge in [-0.1, -0.05) is 20.3 Å². The van der Waals surface area contributed by atoms with Crippen molar-refractivity contribution in [3.8, 4) is 0 Å². The van der Waals surface area contributed by atoms with Crippen LogP contribution in [0.2, 0.25) is 0 Å². The molecule has 110 valence electrons. The number of hydrogen-bond donors (Lipinski definition) is 1. The maximum absolute atomic E-state index is 5.54. The van der Waals surface area contributed by atoms with Gasteiger partial charge in [-0.3, -0.25) is 0 Å². The van der Waals surface area contributed by atoms with E-state index >= 15 is 0 Å². The Hall–Kier alpha value is -1.20. The van der Waals surface area contributed by atoms with Gasteiger partial charge in [0, 0.05) is 18.5 Å². The lowest BCUT2D eigenvalue weighted by Crippen LogP contribution is -2.09. The van der Waals surface area contributed by atoms with Crippen molar-refractivity contribution in [2.45, 2.75) is 46.1 Å². The molecule has 2 aromatic heterocycles. The van der Waals surface area contributed by atoms with E-state index in [9.17, 15) is 0 Å². The first-order chi connectivity index (χ1) is 9.73. The first-order valence-corrected chi connectivity index (χ1v) is 8.12. The average molecular weight is 293 g/mol. The number of rotatable bonds is 7. The van der Waals surface area contributed by atoms with E-state index in [1.807, 2.05) is 0 Å². The highest BCUT2D eigenvalue weighted by Gasteiger charge is 2.17. The number of anilines is 1. The van der Waals surface area contributed by atoms with E-state index in [0.717, 1.165) is 47.7 Å². The van der Waals surface area contributed by atoms with Crippen LogP contribution < -0.4 is 5.32 Å². The van der Waals surface area contributed by atoms with Crippen LogP contribution in [0, 0.1) is 0 Å². The third-order valence-electron chi connectivity index (χ3n) is 3.28. The van der Waals surface area contributed by atoms with Gasteiger partial charge in [-0.15, -0.1) is 11.3 Å². The van der Waals surface area contributed by atoms with Crippen LogP contribution in [0.5, 0.6) is 0 Å². The predicted molar refractivity (Wildman–Crippen MR) is 85.6 cm³/mol. The number of nitrogens with one attached hydrogen (secondary N) is 1. The zero-order valence-corrected chi connectivity index (χ0v) is 13.5. The molecule has 0 spiro atoms. The van der Waals surface area contributed by atoms with Gasteiger partial charge in [0.2, 0.25) is 0 Å². The molecule has 0 fully saturated rings. The first kappa shape index (κ1) is 15.2. The van der Waals surface area contributed by atoms with Crippen molar-refractivity contribution < 1.29 is 4.74 Å². The van der Waals surface area contributed by atoms with Crippen LogP contribution in [0.1, 0.15) is 50.4 Å². The molecule has 0 amide bonds. The minimum atomic E-state index is -0.0195. The van der Waals surface area contributed by atoms with Crippen molar-refractivity contribution in [1.29, 1.82) is 0 Å². The minimum Gasteiger partial charge on any atom is -0.373 e. The Morgan fingerprint density at radius 3 is 2.70 bits per heavy atom. The van der Waals surface area contributed by atoms with Gasteiger partial charge in [0.15, 0.2) is 5.82 Å². The largest absolute Gasteiger partial charge is 0.373 e. The maximum Gasteiger partial charge on any atom is 0.161 e. The highest BCUT2D eigenvalue weighted by molar-refractivity contribution is 7.18. The third kappa shape index (κ3) is 3.10. The van der Waals surface area contributed by atoms with Crippen LogP contribution in [0.15, 0.2) is 6.07 Å². The Morgan fingerprint density at radius 1 is 1.30 bits per heavy atom. The maximum atomic E-state index is 5.54. The summed E-state index contributed by atoms with van der Waals surface area (Å²) < 4.78 is 5.54. The number of thiophene rings is 1. The standard InChI is InChI=1S/C15H23N3OS/c1-5-8-12(19-4)14-17-13(16-7-3)11-9-10(6-2)20-15(11)18-14/h9,12H,5-8H2,1-4H3,(H,16,17,18). The Labute approximate surface area is 124 Å². The number of nitrogens with zero attached hydrogens (tertiary/aromatic N) is 2. The highest BCUT2D eigenvalue weighted by Crippen LogP contribution is 2.31. The van der Waals surface area contributed by atoms with Crippen LogP contribution in [-0.4, -0.2) is 23.6 Å². The molecule has 0 bridgehead atoms. The van der Waals surface area contributed by atoms with Gasteiger partial charge in [0.1, 0.15) is 16.8 Å². The van der Waals surface area contributed by atoms with Crippen LogP contribution in [0.3, 0.4) is 0 Å². The van der Waals surface area contributed by atoms with Crippen molar-refractivity contribution >= 4 is 27.4 Å². The molecule has 0 saturated heterocycles. The molecule has 0 aliphatic rings. The number of hydrogen-bond acceptors (Lipinski definition) is 5. The van der Waals surface area contributed by atoms with E-state index in [4.69, 9.17) is 9.72 Å². The number of ether oxygens (including phenoxy) is 1. The van der Waals surface area contributed by atoms with Crippen molar-refractivity contribution in [1.82, 2.24) is 9.97 Å². The van der Waals surface area contributed by atoms with Crippen LogP contribution in [-0.2, 0) is 11.2 Å². The zero-order valence-electron chi connectivity index (χ0n) is 12.7. The summed E-state index contributed by atoms with van der Waals surface area (Å²) in [6.45, 7) is 7.26. The van der Waals surface area contributed by atoms with E-state index < -0.39 is 0 Å². The minimum absolute atomic E-state index is 0.0195. The van der Waals surface area contributed by atoms with Gasteiger partial charge >= 0.3 is 0 Å². The van der Waals surface area contributed by atoms with E-state index in [1.165, 1.54) is 4.88 Å². The van der Waals surface area contributed by atoms with Crippen molar-refractivity contribution in [2.75, 3.05) is 19.0 Å². The van der Waals surface area contributed by atoms with Gasteiger partial charge in [-0.05, 0) is 25.8 Å². The number of aryl methyl sites for hydroxylation is 1. The first-order valence-electron chi connectivity index (χ1n) is 7.30. The van der Waals surface area contributed by atoms with Gasteiger partial charge in [-0.2, -0.15) is 0 Å². The van der Waals surface area contributed by atoms with E-state index in [1.54, 1.807) is 18.4 Å². The summed E-state index contributed by atoms with van der Waals surface area (Å²) >= 11 is 1.75. The van der Waals surface area contributed by atoms with E-state index in [0.29, 0.717) is 0 Å². The molecule has 0 aliphatic heterocycles. The summed E-state index contributed by atoms with van der Waals surface area (Å²) in [6.07, 6.45) is 3.01. The number of methoxy groups -OCH3 is 1. The van der Waals surface area contributed by atoms with E-state index in [2.05, 4.69) is 37.1 Å². The summed E-state index contributed by atoms with van der Waals surface area (Å²) in [5.41, 5.74) is 0. The molecular formula is C15H23N3OS. The molecule has 0 saturated carbocycles. The summed E-state index contributed by atoms with van der Waals surface area (Å²) in [5, 5.41) is 4.48. The van der Waals surface area contributed by atoms with Crippen LogP contribution >= 0.6 is 11.3 Å². The number of fused-ring (bicyclic) bond motifs is 1. The molecule has 0 aromatic carbocycles. The molecule has 1 N–H and O–H groups in total. The van der Waals surface area contributed by atoms with Gasteiger partial charge in [0.25, 0.3) is 0 Å². The molecular weight excluding hydrogens is 270 g/mol. The van der Waals surface area contributed by atoms with Crippen LogP contribution in [0.4, 0.5) is 5.82 Å². The highest BCUT2D eigenvalue weighted by atomic mass is 32.1. The summed E-state index contributed by atoms with van der Waals surface area (Å²) in [5.74, 6) is 1.73. The second-order valence-electron chi connectivity index (χ2n) is 4.76. The normalized spacial score (nSPS) is 12.8. The number of aromatic nitrogens is 2. The molecule has 0 aliphatic carbocycles. The van der Waals surface area contributed by atoms with Gasteiger partial charge in [-0.25, -0.2) is 9.97 Å².